The van der Waals surface area contributed by atoms with Gasteiger partial charge in [0.15, 0.2) is 0 Å². The van der Waals surface area contributed by atoms with Crippen LogP contribution in [-0.4, -0.2) is 34.0 Å². The van der Waals surface area contributed by atoms with Crippen LogP contribution in [0.5, 0.6) is 0 Å². The molecule has 0 unspecified atom stereocenters. The number of carboxylic acids is 1. The summed E-state index contributed by atoms with van der Waals surface area (Å²) in [6, 6.07) is 3.97. The summed E-state index contributed by atoms with van der Waals surface area (Å²) in [6.45, 7) is 7.30. The van der Waals surface area contributed by atoms with E-state index in [1.807, 2.05) is 20.8 Å². The lowest BCUT2D eigenvalue weighted by Crippen LogP contribution is -2.46. The van der Waals surface area contributed by atoms with Gasteiger partial charge in [0.1, 0.15) is 5.82 Å². The largest absolute Gasteiger partial charge is 0.481 e. The smallest absolute Gasteiger partial charge is 0.305 e. The minimum absolute atomic E-state index is 0.120. The molecular weight excluding hydrogens is 261 g/mol. The van der Waals surface area contributed by atoms with Gasteiger partial charge in [0, 0.05) is 17.6 Å². The van der Waals surface area contributed by atoms with Crippen molar-refractivity contribution in [3.8, 4) is 0 Å². The fraction of sp³-hybridized carbons (Fsp3) is 0.467. The molecule has 110 valence electrons. The van der Waals surface area contributed by atoms with Crippen molar-refractivity contribution < 1.29 is 19.1 Å². The van der Waals surface area contributed by atoms with Crippen LogP contribution in [0.3, 0.4) is 0 Å². The monoisotopic (exact) mass is 281 g/mol. The second kappa shape index (κ2) is 6.03. The molecule has 0 aliphatic heterocycles. The van der Waals surface area contributed by atoms with Gasteiger partial charge in [-0.25, -0.2) is 4.39 Å². The molecule has 1 rings (SSSR count). The Labute approximate surface area is 118 Å². The lowest BCUT2D eigenvalue weighted by atomic mass is 10.0. The summed E-state index contributed by atoms with van der Waals surface area (Å²) in [7, 11) is 0. The molecule has 0 aliphatic carbocycles. The molecule has 0 radical (unpaired) electrons. The highest BCUT2D eigenvalue weighted by Crippen LogP contribution is 2.20. The van der Waals surface area contributed by atoms with E-state index in [9.17, 15) is 14.0 Å². The lowest BCUT2D eigenvalue weighted by Gasteiger charge is -2.35. The third kappa shape index (κ3) is 4.05. The average Bonchev–Trinajstić information content (AvgIpc) is 2.26. The third-order valence-electron chi connectivity index (χ3n) is 3.02. The number of carbonyl (C=O) groups is 2. The van der Waals surface area contributed by atoms with E-state index >= 15 is 0 Å². The van der Waals surface area contributed by atoms with E-state index in [0.29, 0.717) is 11.1 Å². The Balaban J connectivity index is 3.07. The second-order valence-electron chi connectivity index (χ2n) is 5.73. The summed E-state index contributed by atoms with van der Waals surface area (Å²) in [6.07, 6.45) is -0.122. The van der Waals surface area contributed by atoms with Gasteiger partial charge in [-0.1, -0.05) is 0 Å². The zero-order valence-electron chi connectivity index (χ0n) is 12.2. The molecule has 0 saturated carbocycles. The summed E-state index contributed by atoms with van der Waals surface area (Å²) in [5.74, 6) is -1.63. The quantitative estimate of drug-likeness (QED) is 0.923. The average molecular weight is 281 g/mol. The Morgan fingerprint density at radius 1 is 1.30 bits per heavy atom. The fourth-order valence-electron chi connectivity index (χ4n) is 1.96. The molecule has 1 aromatic carbocycles. The molecule has 0 bridgehead atoms. The molecule has 0 aromatic heterocycles. The predicted octanol–water partition coefficient (Wildman–Crippen LogP) is 2.85. The topological polar surface area (TPSA) is 57.6 Å². The number of hydrogen-bond acceptors (Lipinski definition) is 2. The molecule has 0 saturated heterocycles. The van der Waals surface area contributed by atoms with E-state index in [2.05, 4.69) is 0 Å². The zero-order chi connectivity index (χ0) is 15.5. The Morgan fingerprint density at radius 2 is 1.90 bits per heavy atom. The fourth-order valence-corrected chi connectivity index (χ4v) is 1.96. The van der Waals surface area contributed by atoms with Crippen molar-refractivity contribution in [1.29, 1.82) is 0 Å². The first-order valence-corrected chi connectivity index (χ1v) is 6.43. The molecule has 5 heteroatoms. The second-order valence-corrected chi connectivity index (χ2v) is 5.73. The molecular formula is C15H20FNO3. The standard InChI is InChI=1S/C15H20FNO3/c1-10-9-11(16)5-6-12(10)14(20)17(15(2,3)4)8-7-13(18)19/h5-6,9H,7-8H2,1-4H3,(H,18,19). The Kier molecular flexibility index (Phi) is 4.87. The van der Waals surface area contributed by atoms with E-state index in [1.165, 1.54) is 23.1 Å². The Bertz CT molecular complexity index is 520. The molecule has 0 spiro atoms. The highest BCUT2D eigenvalue weighted by molar-refractivity contribution is 5.96. The molecule has 4 nitrogen and oxygen atoms in total. The number of aryl methyl sites for hydroxylation is 1. The number of aliphatic carboxylic acids is 1. The van der Waals surface area contributed by atoms with Crippen molar-refractivity contribution in [2.75, 3.05) is 6.54 Å². The van der Waals surface area contributed by atoms with Gasteiger partial charge >= 0.3 is 5.97 Å². The summed E-state index contributed by atoms with van der Waals surface area (Å²) < 4.78 is 13.1. The van der Waals surface area contributed by atoms with Gasteiger partial charge in [0.25, 0.3) is 5.91 Å². The summed E-state index contributed by atoms with van der Waals surface area (Å²) >= 11 is 0. The number of halogens is 1. The number of benzene rings is 1. The van der Waals surface area contributed by atoms with Crippen LogP contribution in [0.1, 0.15) is 43.1 Å². The van der Waals surface area contributed by atoms with Crippen molar-refractivity contribution in [2.45, 2.75) is 39.7 Å². The van der Waals surface area contributed by atoms with Crippen LogP contribution in [0.15, 0.2) is 18.2 Å². The van der Waals surface area contributed by atoms with Crippen molar-refractivity contribution in [2.24, 2.45) is 0 Å². The van der Waals surface area contributed by atoms with Crippen LogP contribution in [0.4, 0.5) is 4.39 Å². The maximum atomic E-state index is 13.1. The van der Waals surface area contributed by atoms with E-state index in [-0.39, 0.29) is 18.9 Å². The minimum Gasteiger partial charge on any atom is -0.481 e. The normalized spacial score (nSPS) is 11.2. The summed E-state index contributed by atoms with van der Waals surface area (Å²) in [5, 5.41) is 8.78. The van der Waals surface area contributed by atoms with E-state index in [1.54, 1.807) is 6.92 Å². The lowest BCUT2D eigenvalue weighted by molar-refractivity contribution is -0.137. The van der Waals surface area contributed by atoms with Crippen LogP contribution in [0, 0.1) is 12.7 Å². The van der Waals surface area contributed by atoms with Crippen molar-refractivity contribution in [1.82, 2.24) is 4.90 Å². The molecule has 20 heavy (non-hydrogen) atoms. The van der Waals surface area contributed by atoms with Gasteiger partial charge in [-0.05, 0) is 51.5 Å². The number of carboxylic acid groups (broad SMARTS) is 1. The first-order valence-electron chi connectivity index (χ1n) is 6.43. The predicted molar refractivity (Wildman–Crippen MR) is 74.2 cm³/mol. The number of amides is 1. The molecule has 1 N–H and O–H groups in total. The van der Waals surface area contributed by atoms with Gasteiger partial charge in [-0.15, -0.1) is 0 Å². The van der Waals surface area contributed by atoms with Crippen LogP contribution < -0.4 is 0 Å². The molecule has 0 aliphatic rings. The summed E-state index contributed by atoms with van der Waals surface area (Å²) in [4.78, 5) is 24.8. The van der Waals surface area contributed by atoms with Crippen LogP contribution >= 0.6 is 0 Å². The first kappa shape index (κ1) is 16.1. The highest BCUT2D eigenvalue weighted by Gasteiger charge is 2.28. The molecule has 1 aromatic rings. The van der Waals surface area contributed by atoms with Crippen LogP contribution in [0.25, 0.3) is 0 Å². The molecule has 0 atom stereocenters. The van der Waals surface area contributed by atoms with Gasteiger partial charge in [0.05, 0.1) is 6.42 Å². The van der Waals surface area contributed by atoms with Gasteiger partial charge in [0.2, 0.25) is 0 Å². The number of hydrogen-bond donors (Lipinski definition) is 1. The number of rotatable bonds is 4. The Hall–Kier alpha value is -1.91. The van der Waals surface area contributed by atoms with Crippen LogP contribution in [0.2, 0.25) is 0 Å². The van der Waals surface area contributed by atoms with Crippen molar-refractivity contribution in [3.63, 3.8) is 0 Å². The van der Waals surface area contributed by atoms with Gasteiger partial charge in [-0.2, -0.15) is 0 Å². The molecule has 1 amide bonds. The zero-order valence-corrected chi connectivity index (χ0v) is 12.2. The van der Waals surface area contributed by atoms with E-state index in [0.717, 1.165) is 0 Å². The van der Waals surface area contributed by atoms with Crippen LogP contribution in [-0.2, 0) is 4.79 Å². The maximum Gasteiger partial charge on any atom is 0.305 e. The van der Waals surface area contributed by atoms with E-state index in [4.69, 9.17) is 5.11 Å². The van der Waals surface area contributed by atoms with Crippen molar-refractivity contribution in [3.05, 3.63) is 35.1 Å². The van der Waals surface area contributed by atoms with Gasteiger partial charge < -0.3 is 10.0 Å². The molecule has 0 fully saturated rings. The third-order valence-corrected chi connectivity index (χ3v) is 3.02. The van der Waals surface area contributed by atoms with Crippen molar-refractivity contribution >= 4 is 11.9 Å². The van der Waals surface area contributed by atoms with Gasteiger partial charge in [-0.3, -0.25) is 9.59 Å². The highest BCUT2D eigenvalue weighted by atomic mass is 19.1. The minimum atomic E-state index is -0.956. The number of carbonyl (C=O) groups excluding carboxylic acids is 1. The summed E-state index contributed by atoms with van der Waals surface area (Å²) in [5.41, 5.74) is 0.430. The Morgan fingerprint density at radius 3 is 2.35 bits per heavy atom. The molecule has 0 heterocycles. The number of nitrogens with zero attached hydrogens (tertiary/aromatic N) is 1. The maximum absolute atomic E-state index is 13.1. The van der Waals surface area contributed by atoms with E-state index < -0.39 is 17.3 Å². The SMILES string of the molecule is Cc1cc(F)ccc1C(=O)N(CCC(=O)O)C(C)(C)C. The first-order chi connectivity index (χ1) is 9.12.